The van der Waals surface area contributed by atoms with Crippen molar-refractivity contribution < 1.29 is 9.59 Å². The Kier molecular flexibility index (Phi) is 7.12. The van der Waals surface area contributed by atoms with E-state index in [0.29, 0.717) is 19.4 Å². The molecule has 5 nitrogen and oxygen atoms in total. The highest BCUT2D eigenvalue weighted by atomic mass is 32.2. The Balaban J connectivity index is 1.64. The van der Waals surface area contributed by atoms with Gasteiger partial charge in [-0.3, -0.25) is 9.59 Å². The van der Waals surface area contributed by atoms with Crippen molar-refractivity contribution in [3.8, 4) is 0 Å². The van der Waals surface area contributed by atoms with Crippen LogP contribution in [0.2, 0.25) is 0 Å². The second kappa shape index (κ2) is 9.75. The van der Waals surface area contributed by atoms with E-state index in [2.05, 4.69) is 28.1 Å². The minimum absolute atomic E-state index is 0.125. The number of nitrogens with one attached hydrogen (secondary N) is 3. The van der Waals surface area contributed by atoms with Crippen molar-refractivity contribution in [1.29, 1.82) is 0 Å². The van der Waals surface area contributed by atoms with Crippen LogP contribution in [-0.2, 0) is 22.6 Å². The maximum atomic E-state index is 12.8. The van der Waals surface area contributed by atoms with E-state index < -0.39 is 6.04 Å². The fourth-order valence-electron chi connectivity index (χ4n) is 3.37. The van der Waals surface area contributed by atoms with Gasteiger partial charge in [0.1, 0.15) is 6.04 Å². The van der Waals surface area contributed by atoms with Gasteiger partial charge in [-0.25, -0.2) is 0 Å². The molecule has 0 aliphatic carbocycles. The van der Waals surface area contributed by atoms with Crippen LogP contribution in [0.3, 0.4) is 0 Å². The molecule has 1 aliphatic rings. The van der Waals surface area contributed by atoms with E-state index in [0.717, 1.165) is 17.0 Å². The number of rotatable bonds is 7. The largest absolute Gasteiger partial charge is 0.343 e. The van der Waals surface area contributed by atoms with Crippen LogP contribution in [0, 0.1) is 6.92 Å². The molecule has 0 bridgehead atoms. The number of benzene rings is 2. The molecule has 6 heteroatoms. The van der Waals surface area contributed by atoms with Gasteiger partial charge in [0.05, 0.1) is 6.04 Å². The number of anilines is 1. The first kappa shape index (κ1) is 20.4. The molecule has 0 saturated heterocycles. The van der Waals surface area contributed by atoms with Gasteiger partial charge < -0.3 is 16.0 Å². The summed E-state index contributed by atoms with van der Waals surface area (Å²) in [6.45, 7) is 2.65. The Morgan fingerprint density at radius 3 is 2.71 bits per heavy atom. The molecule has 0 unspecified atom stereocenters. The van der Waals surface area contributed by atoms with E-state index in [1.807, 2.05) is 49.6 Å². The average molecular weight is 398 g/mol. The molecule has 0 radical (unpaired) electrons. The van der Waals surface area contributed by atoms with Gasteiger partial charge >= 0.3 is 0 Å². The molecule has 2 aromatic rings. The van der Waals surface area contributed by atoms with Crippen LogP contribution in [0.4, 0.5) is 5.69 Å². The second-order valence-corrected chi connectivity index (χ2v) is 8.09. The maximum Gasteiger partial charge on any atom is 0.246 e. The van der Waals surface area contributed by atoms with Crippen LogP contribution in [0.5, 0.6) is 0 Å². The first-order chi connectivity index (χ1) is 13.6. The zero-order valence-corrected chi connectivity index (χ0v) is 17.1. The van der Waals surface area contributed by atoms with Crippen molar-refractivity contribution in [2.45, 2.75) is 38.4 Å². The van der Waals surface area contributed by atoms with Gasteiger partial charge in [-0.15, -0.1) is 0 Å². The summed E-state index contributed by atoms with van der Waals surface area (Å²) in [5.41, 5.74) is 4.24. The monoisotopic (exact) mass is 397 g/mol. The first-order valence-electron chi connectivity index (χ1n) is 9.54. The lowest BCUT2D eigenvalue weighted by molar-refractivity contribution is -0.128. The van der Waals surface area contributed by atoms with E-state index in [4.69, 9.17) is 0 Å². The molecule has 0 fully saturated rings. The number of carbonyl (C=O) groups is 2. The predicted molar refractivity (Wildman–Crippen MR) is 116 cm³/mol. The topological polar surface area (TPSA) is 70.2 Å². The molecule has 28 heavy (non-hydrogen) atoms. The number of hydrogen-bond donors (Lipinski definition) is 3. The summed E-state index contributed by atoms with van der Waals surface area (Å²) in [5.74, 6) is 0.497. The molecule has 3 N–H and O–H groups in total. The van der Waals surface area contributed by atoms with Gasteiger partial charge in [-0.2, -0.15) is 11.8 Å². The SMILES string of the molecule is CSCC[C@@H](NC(=O)[C@@H]1Cc2ccccc2CN1)C(=O)Nc1cccc(C)c1. The summed E-state index contributed by atoms with van der Waals surface area (Å²) in [6.07, 6.45) is 3.22. The molecule has 1 aliphatic heterocycles. The normalized spacial score (nSPS) is 16.7. The van der Waals surface area contributed by atoms with E-state index in [1.165, 1.54) is 11.1 Å². The molecular weight excluding hydrogens is 370 g/mol. The fourth-order valence-corrected chi connectivity index (χ4v) is 3.84. The van der Waals surface area contributed by atoms with E-state index in [9.17, 15) is 9.59 Å². The predicted octanol–water partition coefficient (Wildman–Crippen LogP) is 2.89. The molecule has 0 saturated carbocycles. The molecule has 2 amide bonds. The van der Waals surface area contributed by atoms with E-state index in [1.54, 1.807) is 11.8 Å². The lowest BCUT2D eigenvalue weighted by Crippen LogP contribution is -2.53. The summed E-state index contributed by atoms with van der Waals surface area (Å²) in [5, 5.41) is 9.18. The highest BCUT2D eigenvalue weighted by Gasteiger charge is 2.28. The third-order valence-electron chi connectivity index (χ3n) is 4.93. The van der Waals surface area contributed by atoms with Crippen LogP contribution in [-0.4, -0.2) is 35.9 Å². The maximum absolute atomic E-state index is 12.8. The molecule has 2 atom stereocenters. The highest BCUT2D eigenvalue weighted by molar-refractivity contribution is 7.98. The van der Waals surface area contributed by atoms with Crippen LogP contribution in [0.15, 0.2) is 48.5 Å². The Hall–Kier alpha value is -2.31. The number of aryl methyl sites for hydroxylation is 1. The number of carbonyl (C=O) groups excluding carboxylic acids is 2. The summed E-state index contributed by atoms with van der Waals surface area (Å²) in [7, 11) is 0. The molecule has 2 aromatic carbocycles. The van der Waals surface area contributed by atoms with Crippen molar-refractivity contribution in [2.24, 2.45) is 0 Å². The quantitative estimate of drug-likeness (QED) is 0.672. The molecule has 1 heterocycles. The molecule has 0 spiro atoms. The fraction of sp³-hybridized carbons (Fsp3) is 0.364. The van der Waals surface area contributed by atoms with Gasteiger partial charge in [0.15, 0.2) is 0 Å². The van der Waals surface area contributed by atoms with Gasteiger partial charge in [-0.1, -0.05) is 36.4 Å². The van der Waals surface area contributed by atoms with Crippen LogP contribution in [0.1, 0.15) is 23.1 Å². The number of amides is 2. The summed E-state index contributed by atoms with van der Waals surface area (Å²) < 4.78 is 0. The average Bonchev–Trinajstić information content (AvgIpc) is 2.70. The molecule has 3 rings (SSSR count). The highest BCUT2D eigenvalue weighted by Crippen LogP contribution is 2.17. The van der Waals surface area contributed by atoms with Crippen LogP contribution >= 0.6 is 11.8 Å². The molecular formula is C22H27N3O2S. The Labute approximate surface area is 170 Å². The number of hydrogen-bond acceptors (Lipinski definition) is 4. The minimum Gasteiger partial charge on any atom is -0.343 e. The zero-order valence-electron chi connectivity index (χ0n) is 16.3. The van der Waals surface area contributed by atoms with E-state index in [-0.39, 0.29) is 17.9 Å². The summed E-state index contributed by atoms with van der Waals surface area (Å²) in [6, 6.07) is 14.9. The van der Waals surface area contributed by atoms with E-state index >= 15 is 0 Å². The van der Waals surface area contributed by atoms with Crippen LogP contribution < -0.4 is 16.0 Å². The van der Waals surface area contributed by atoms with Gasteiger partial charge in [0.25, 0.3) is 0 Å². The smallest absolute Gasteiger partial charge is 0.246 e. The van der Waals surface area contributed by atoms with Crippen molar-refractivity contribution >= 4 is 29.3 Å². The third-order valence-corrected chi connectivity index (χ3v) is 5.57. The van der Waals surface area contributed by atoms with Crippen LogP contribution in [0.25, 0.3) is 0 Å². The minimum atomic E-state index is -0.556. The van der Waals surface area contributed by atoms with Crippen molar-refractivity contribution in [3.05, 3.63) is 65.2 Å². The Morgan fingerprint density at radius 1 is 1.18 bits per heavy atom. The molecule has 148 valence electrons. The Bertz CT molecular complexity index is 840. The van der Waals surface area contributed by atoms with Crippen molar-refractivity contribution in [1.82, 2.24) is 10.6 Å². The Morgan fingerprint density at radius 2 is 1.96 bits per heavy atom. The van der Waals surface area contributed by atoms with Gasteiger partial charge in [0.2, 0.25) is 11.8 Å². The standard InChI is InChI=1S/C22H27N3O2S/c1-15-6-5-9-18(12-15)24-21(26)19(10-11-28-2)25-22(27)20-13-16-7-3-4-8-17(16)14-23-20/h3-9,12,19-20,23H,10-11,13-14H2,1-2H3,(H,24,26)(H,25,27)/t19-,20+/m1/s1. The first-order valence-corrected chi connectivity index (χ1v) is 10.9. The summed E-state index contributed by atoms with van der Waals surface area (Å²) in [4.78, 5) is 25.6. The second-order valence-electron chi connectivity index (χ2n) is 7.11. The zero-order chi connectivity index (χ0) is 19.9. The number of fused-ring (bicyclic) bond motifs is 1. The lowest BCUT2D eigenvalue weighted by atomic mass is 9.95. The number of thioether (sulfide) groups is 1. The summed E-state index contributed by atoms with van der Waals surface area (Å²) >= 11 is 1.66. The molecule has 0 aromatic heterocycles. The van der Waals surface area contributed by atoms with Gasteiger partial charge in [-0.05, 0) is 60.6 Å². The third kappa shape index (κ3) is 5.36. The van der Waals surface area contributed by atoms with Crippen molar-refractivity contribution in [3.63, 3.8) is 0 Å². The van der Waals surface area contributed by atoms with Gasteiger partial charge in [0, 0.05) is 12.2 Å². The lowest BCUT2D eigenvalue weighted by Gasteiger charge is -2.27. The van der Waals surface area contributed by atoms with Crippen molar-refractivity contribution in [2.75, 3.05) is 17.3 Å².